The second-order valence-corrected chi connectivity index (χ2v) is 5.95. The summed E-state index contributed by atoms with van der Waals surface area (Å²) < 4.78 is 0. The van der Waals surface area contributed by atoms with Gasteiger partial charge in [-0.3, -0.25) is 4.99 Å². The molecule has 0 aliphatic rings. The second kappa shape index (κ2) is 6.15. The number of fused-ring (bicyclic) bond motifs is 1. The van der Waals surface area contributed by atoms with Gasteiger partial charge in [-0.05, 0) is 59.9 Å². The van der Waals surface area contributed by atoms with E-state index in [-0.39, 0.29) is 0 Å². The van der Waals surface area contributed by atoms with Crippen molar-refractivity contribution in [3.8, 4) is 0 Å². The molecule has 0 saturated carbocycles. The van der Waals surface area contributed by atoms with Crippen molar-refractivity contribution >= 4 is 17.0 Å². The molecule has 0 aliphatic carbocycles. The molecule has 3 rings (SSSR count). The predicted octanol–water partition coefficient (Wildman–Crippen LogP) is 5.38. The van der Waals surface area contributed by atoms with Gasteiger partial charge in [0.25, 0.3) is 0 Å². The Hall–Kier alpha value is -2.41. The second-order valence-electron chi connectivity index (χ2n) is 5.95. The highest BCUT2D eigenvalue weighted by Crippen LogP contribution is 2.18. The van der Waals surface area contributed by atoms with Crippen molar-refractivity contribution in [2.75, 3.05) is 0 Å². The van der Waals surface area contributed by atoms with Crippen molar-refractivity contribution < 1.29 is 0 Å². The van der Waals surface area contributed by atoms with Crippen molar-refractivity contribution in [3.05, 3.63) is 82.4 Å². The lowest BCUT2D eigenvalue weighted by Crippen LogP contribution is -1.94. The maximum absolute atomic E-state index is 4.64. The molecule has 1 nitrogen and oxygen atoms in total. The number of aliphatic imine (C=N–C) groups is 1. The molecule has 0 aliphatic heterocycles. The fraction of sp³-hybridized carbons (Fsp3) is 0.190. The SMILES string of the molecule is Cc1cc(C)c(CN=Cc2ccc3ccccc3c2)c(C)c1. The molecular formula is C21H21N. The highest BCUT2D eigenvalue weighted by molar-refractivity contribution is 5.90. The van der Waals surface area contributed by atoms with Crippen LogP contribution in [0.3, 0.4) is 0 Å². The molecule has 0 unspecified atom stereocenters. The van der Waals surface area contributed by atoms with Gasteiger partial charge in [0.05, 0.1) is 6.54 Å². The summed E-state index contributed by atoms with van der Waals surface area (Å²) in [6.07, 6.45) is 1.98. The molecule has 22 heavy (non-hydrogen) atoms. The first-order valence-electron chi connectivity index (χ1n) is 7.69. The fourth-order valence-electron chi connectivity index (χ4n) is 2.99. The molecular weight excluding hydrogens is 266 g/mol. The molecule has 0 heterocycles. The standard InChI is InChI=1S/C21H21N/c1-15-10-16(2)21(17(3)11-15)14-22-13-18-8-9-19-6-4-5-7-20(19)12-18/h4-13H,14H2,1-3H3. The van der Waals surface area contributed by atoms with Gasteiger partial charge in [0.15, 0.2) is 0 Å². The van der Waals surface area contributed by atoms with Crippen molar-refractivity contribution in [3.63, 3.8) is 0 Å². The molecule has 0 bridgehead atoms. The Morgan fingerprint density at radius 2 is 1.50 bits per heavy atom. The van der Waals surface area contributed by atoms with E-state index in [1.165, 1.54) is 33.0 Å². The van der Waals surface area contributed by atoms with Crippen LogP contribution >= 0.6 is 0 Å². The van der Waals surface area contributed by atoms with E-state index in [0.717, 1.165) is 12.1 Å². The number of nitrogens with zero attached hydrogens (tertiary/aromatic N) is 1. The van der Waals surface area contributed by atoms with Crippen LogP contribution in [0.4, 0.5) is 0 Å². The molecule has 0 fully saturated rings. The minimum atomic E-state index is 0.741. The van der Waals surface area contributed by atoms with Gasteiger partial charge >= 0.3 is 0 Å². The van der Waals surface area contributed by atoms with Gasteiger partial charge in [-0.15, -0.1) is 0 Å². The van der Waals surface area contributed by atoms with Gasteiger partial charge in [0, 0.05) is 6.21 Å². The lowest BCUT2D eigenvalue weighted by Gasteiger charge is -2.08. The smallest absolute Gasteiger partial charge is 0.0645 e. The number of rotatable bonds is 3. The molecule has 0 radical (unpaired) electrons. The van der Waals surface area contributed by atoms with Gasteiger partial charge in [0.1, 0.15) is 0 Å². The van der Waals surface area contributed by atoms with Crippen molar-refractivity contribution in [1.82, 2.24) is 0 Å². The first-order valence-corrected chi connectivity index (χ1v) is 7.69. The summed E-state index contributed by atoms with van der Waals surface area (Å²) in [5, 5.41) is 2.53. The monoisotopic (exact) mass is 287 g/mol. The summed E-state index contributed by atoms with van der Waals surface area (Å²) in [6, 6.07) is 19.3. The maximum Gasteiger partial charge on any atom is 0.0645 e. The van der Waals surface area contributed by atoms with Crippen LogP contribution in [0.5, 0.6) is 0 Å². The largest absolute Gasteiger partial charge is 0.288 e. The molecule has 3 aromatic carbocycles. The average Bonchev–Trinajstić information content (AvgIpc) is 2.49. The van der Waals surface area contributed by atoms with E-state index in [0.29, 0.717) is 0 Å². The molecule has 0 amide bonds. The molecule has 1 heteroatoms. The maximum atomic E-state index is 4.64. The van der Waals surface area contributed by atoms with Crippen LogP contribution < -0.4 is 0 Å². The van der Waals surface area contributed by atoms with Gasteiger partial charge < -0.3 is 0 Å². The summed E-state index contributed by atoms with van der Waals surface area (Å²) in [4.78, 5) is 4.64. The number of hydrogen-bond acceptors (Lipinski definition) is 1. The fourth-order valence-corrected chi connectivity index (χ4v) is 2.99. The molecule has 110 valence electrons. The van der Waals surface area contributed by atoms with E-state index in [1.54, 1.807) is 0 Å². The molecule has 3 aromatic rings. The topological polar surface area (TPSA) is 12.4 Å². The lowest BCUT2D eigenvalue weighted by atomic mass is 10.00. The van der Waals surface area contributed by atoms with E-state index >= 15 is 0 Å². The molecule has 0 atom stereocenters. The first kappa shape index (κ1) is 14.5. The Morgan fingerprint density at radius 1 is 0.818 bits per heavy atom. The molecule has 0 aromatic heterocycles. The Labute approximate surface area is 132 Å². The average molecular weight is 287 g/mol. The van der Waals surface area contributed by atoms with Gasteiger partial charge in [-0.2, -0.15) is 0 Å². The van der Waals surface area contributed by atoms with E-state index < -0.39 is 0 Å². The number of aryl methyl sites for hydroxylation is 3. The Kier molecular flexibility index (Phi) is 4.06. The van der Waals surface area contributed by atoms with E-state index in [4.69, 9.17) is 0 Å². The zero-order chi connectivity index (χ0) is 15.5. The third-order valence-electron chi connectivity index (χ3n) is 4.10. The van der Waals surface area contributed by atoms with Crippen LogP contribution in [0.25, 0.3) is 10.8 Å². The van der Waals surface area contributed by atoms with E-state index in [9.17, 15) is 0 Å². The summed E-state index contributed by atoms with van der Waals surface area (Å²) in [5.41, 5.74) is 6.46. The van der Waals surface area contributed by atoms with E-state index in [1.807, 2.05) is 6.21 Å². The minimum Gasteiger partial charge on any atom is -0.288 e. The summed E-state index contributed by atoms with van der Waals surface area (Å²) >= 11 is 0. The Bertz CT molecular complexity index is 820. The normalized spacial score (nSPS) is 11.4. The molecule has 0 spiro atoms. The highest BCUT2D eigenvalue weighted by atomic mass is 14.7. The number of benzene rings is 3. The van der Waals surface area contributed by atoms with E-state index in [2.05, 4.69) is 80.4 Å². The molecule has 0 N–H and O–H groups in total. The van der Waals surface area contributed by atoms with Gasteiger partial charge in [-0.1, -0.05) is 54.1 Å². The zero-order valence-electron chi connectivity index (χ0n) is 13.4. The quantitative estimate of drug-likeness (QED) is 0.573. The summed E-state index contributed by atoms with van der Waals surface area (Å²) in [6.45, 7) is 7.22. The van der Waals surface area contributed by atoms with Crippen LogP contribution in [0.2, 0.25) is 0 Å². The van der Waals surface area contributed by atoms with Crippen LogP contribution in [0.1, 0.15) is 27.8 Å². The minimum absolute atomic E-state index is 0.741. The highest BCUT2D eigenvalue weighted by Gasteiger charge is 2.02. The zero-order valence-corrected chi connectivity index (χ0v) is 13.4. The van der Waals surface area contributed by atoms with Crippen LogP contribution in [-0.2, 0) is 6.54 Å². The van der Waals surface area contributed by atoms with Crippen LogP contribution in [0.15, 0.2) is 59.6 Å². The lowest BCUT2D eigenvalue weighted by molar-refractivity contribution is 1.03. The third kappa shape index (κ3) is 3.09. The van der Waals surface area contributed by atoms with Crippen LogP contribution in [0, 0.1) is 20.8 Å². The molecule has 0 saturated heterocycles. The Morgan fingerprint density at radius 3 is 2.23 bits per heavy atom. The van der Waals surface area contributed by atoms with Crippen molar-refractivity contribution in [2.45, 2.75) is 27.3 Å². The van der Waals surface area contributed by atoms with Gasteiger partial charge in [0.2, 0.25) is 0 Å². The third-order valence-corrected chi connectivity index (χ3v) is 4.10. The van der Waals surface area contributed by atoms with Crippen molar-refractivity contribution in [1.29, 1.82) is 0 Å². The summed E-state index contributed by atoms with van der Waals surface area (Å²) in [7, 11) is 0. The predicted molar refractivity (Wildman–Crippen MR) is 95.9 cm³/mol. The number of hydrogen-bond donors (Lipinski definition) is 0. The van der Waals surface area contributed by atoms with Crippen LogP contribution in [-0.4, -0.2) is 6.21 Å². The van der Waals surface area contributed by atoms with Gasteiger partial charge in [-0.25, -0.2) is 0 Å². The first-order chi connectivity index (χ1) is 10.6. The summed E-state index contributed by atoms with van der Waals surface area (Å²) in [5.74, 6) is 0. The Balaban J connectivity index is 1.82. The van der Waals surface area contributed by atoms with Crippen molar-refractivity contribution in [2.24, 2.45) is 4.99 Å².